The third kappa shape index (κ3) is 5.14. The van der Waals surface area contributed by atoms with Gasteiger partial charge in [-0.25, -0.2) is 0 Å². The number of aliphatic carboxylic acids is 1. The molecule has 2 aliphatic rings. The number of thioether (sulfide) groups is 1. The van der Waals surface area contributed by atoms with Crippen LogP contribution in [-0.4, -0.2) is 71.3 Å². The molecule has 12 nitrogen and oxygen atoms in total. The van der Waals surface area contributed by atoms with Crippen molar-refractivity contribution in [3.8, 4) is 17.2 Å². The zero-order chi connectivity index (χ0) is 28.6. The number of likely N-dealkylation sites (tertiary alicyclic amines) is 1. The van der Waals surface area contributed by atoms with Crippen LogP contribution in [-0.2, 0) is 19.2 Å². The predicted octanol–water partition coefficient (Wildman–Crippen LogP) is 2.15. The predicted molar refractivity (Wildman–Crippen MR) is 144 cm³/mol. The number of ether oxygens (including phenoxy) is 3. The van der Waals surface area contributed by atoms with E-state index in [2.05, 4.69) is 10.3 Å². The third-order valence-corrected chi connectivity index (χ3v) is 8.89. The summed E-state index contributed by atoms with van der Waals surface area (Å²) in [6.07, 6.45) is 0. The van der Waals surface area contributed by atoms with Crippen LogP contribution < -0.4 is 24.4 Å². The molecule has 3 amide bonds. The van der Waals surface area contributed by atoms with Gasteiger partial charge in [0.1, 0.15) is 17.5 Å². The zero-order valence-electron chi connectivity index (χ0n) is 21.2. The zero-order valence-corrected chi connectivity index (χ0v) is 22.8. The van der Waals surface area contributed by atoms with E-state index in [-0.39, 0.29) is 23.0 Å². The van der Waals surface area contributed by atoms with E-state index < -0.39 is 47.3 Å². The number of H-pyrrole nitrogens is 1. The number of carboxylic acid groups (broad SMARTS) is 1. The standard InChI is InChI=1S/C26H23N3O9S2/c1-36-14-6-4-13(5-7-14)27-17(30)11-38-15-8-3-12(9-16(15)37-2)19-20-22(39-23-21(19)40-26(35)28-23)25(34)29(24(20)33)10-18(31)32/h3-9,19-20,22H,10-11H2,1-2H3,(H,27,30)(H,28,35)(H,31,32)/t19-,20+,22-/m0/s1. The normalized spacial score (nSPS) is 19.6. The number of carbonyl (C=O) groups excluding carboxylic acids is 3. The molecule has 40 heavy (non-hydrogen) atoms. The summed E-state index contributed by atoms with van der Waals surface area (Å²) < 4.78 is 16.3. The van der Waals surface area contributed by atoms with Crippen LogP contribution in [0.2, 0.25) is 0 Å². The Morgan fingerprint density at radius 1 is 1.02 bits per heavy atom. The minimum absolute atomic E-state index is 0.265. The average molecular weight is 586 g/mol. The molecule has 1 fully saturated rings. The van der Waals surface area contributed by atoms with E-state index in [1.807, 2.05) is 0 Å². The molecule has 0 aliphatic carbocycles. The molecule has 0 saturated carbocycles. The number of imide groups is 1. The number of carbonyl (C=O) groups is 4. The van der Waals surface area contributed by atoms with E-state index in [4.69, 9.17) is 14.2 Å². The van der Waals surface area contributed by atoms with Crippen LogP contribution in [0.15, 0.2) is 52.3 Å². The van der Waals surface area contributed by atoms with Gasteiger partial charge in [-0.3, -0.25) is 28.9 Å². The molecule has 3 atom stereocenters. The van der Waals surface area contributed by atoms with E-state index in [1.165, 1.54) is 7.11 Å². The lowest BCUT2D eigenvalue weighted by atomic mass is 9.83. The molecule has 2 aliphatic heterocycles. The van der Waals surface area contributed by atoms with Gasteiger partial charge in [-0.2, -0.15) is 0 Å². The van der Waals surface area contributed by atoms with Crippen molar-refractivity contribution >= 4 is 52.5 Å². The number of nitrogens with one attached hydrogen (secondary N) is 2. The molecule has 3 aromatic rings. The van der Waals surface area contributed by atoms with Gasteiger partial charge in [0.15, 0.2) is 18.1 Å². The van der Waals surface area contributed by atoms with Crippen LogP contribution in [0.3, 0.4) is 0 Å². The summed E-state index contributed by atoms with van der Waals surface area (Å²) in [5.74, 6) is -3.36. The first-order valence-electron chi connectivity index (χ1n) is 11.9. The first kappa shape index (κ1) is 27.3. The van der Waals surface area contributed by atoms with Crippen LogP contribution >= 0.6 is 23.1 Å². The summed E-state index contributed by atoms with van der Waals surface area (Å²) in [5, 5.41) is 11.5. The Balaban J connectivity index is 1.39. The van der Waals surface area contributed by atoms with Gasteiger partial charge in [-0.15, -0.1) is 0 Å². The fourth-order valence-electron chi connectivity index (χ4n) is 4.74. The van der Waals surface area contributed by atoms with Gasteiger partial charge >= 0.3 is 10.8 Å². The first-order chi connectivity index (χ1) is 19.2. The second kappa shape index (κ2) is 11.1. The Hall–Kier alpha value is -4.30. The summed E-state index contributed by atoms with van der Waals surface area (Å²) in [4.78, 5) is 66.0. The lowest BCUT2D eigenvalue weighted by molar-refractivity contribution is -0.149. The summed E-state index contributed by atoms with van der Waals surface area (Å²) >= 11 is 1.99. The van der Waals surface area contributed by atoms with Crippen LogP contribution in [0.25, 0.3) is 0 Å². The largest absolute Gasteiger partial charge is 0.497 e. The van der Waals surface area contributed by atoms with Crippen molar-refractivity contribution in [2.75, 3.05) is 32.7 Å². The molecule has 0 radical (unpaired) electrons. The topological polar surface area (TPSA) is 164 Å². The van der Waals surface area contributed by atoms with E-state index >= 15 is 0 Å². The Bertz CT molecular complexity index is 1550. The van der Waals surface area contributed by atoms with Gasteiger partial charge in [-0.05, 0) is 42.0 Å². The maximum atomic E-state index is 13.3. The highest BCUT2D eigenvalue weighted by Crippen LogP contribution is 2.53. The highest BCUT2D eigenvalue weighted by atomic mass is 32.2. The van der Waals surface area contributed by atoms with Gasteiger partial charge in [0.2, 0.25) is 11.8 Å². The Morgan fingerprint density at radius 2 is 1.77 bits per heavy atom. The smallest absolute Gasteiger partial charge is 0.323 e. The van der Waals surface area contributed by atoms with E-state index in [0.29, 0.717) is 26.9 Å². The highest BCUT2D eigenvalue weighted by molar-refractivity contribution is 8.00. The maximum Gasteiger partial charge on any atom is 0.323 e. The summed E-state index contributed by atoms with van der Waals surface area (Å²) in [6.45, 7) is -1.05. The second-order valence-electron chi connectivity index (χ2n) is 8.88. The van der Waals surface area contributed by atoms with Crippen molar-refractivity contribution in [2.24, 2.45) is 5.92 Å². The molecule has 5 rings (SSSR count). The number of benzene rings is 2. The molecule has 3 N–H and O–H groups in total. The number of aromatic amines is 1. The lowest BCUT2D eigenvalue weighted by Crippen LogP contribution is -2.36. The molecule has 1 aromatic heterocycles. The molecule has 0 unspecified atom stereocenters. The number of fused-ring (bicyclic) bond motifs is 2. The molecule has 1 saturated heterocycles. The molecule has 3 heterocycles. The molecule has 14 heteroatoms. The number of thiazole rings is 1. The Kier molecular flexibility index (Phi) is 7.54. The molecule has 2 aromatic carbocycles. The first-order valence-corrected chi connectivity index (χ1v) is 13.6. The number of carboxylic acids is 1. The van der Waals surface area contributed by atoms with Crippen molar-refractivity contribution < 1.29 is 38.5 Å². The SMILES string of the molecule is COc1ccc(NC(=O)COc2ccc([C@@H]3c4sc(=O)[nH]c4S[C@@H]4C(=O)N(CC(=O)O)C(=O)[C@H]34)cc2OC)cc1. The minimum atomic E-state index is -1.30. The monoisotopic (exact) mass is 585 g/mol. The minimum Gasteiger partial charge on any atom is -0.497 e. The second-order valence-corrected chi connectivity index (χ2v) is 11.0. The van der Waals surface area contributed by atoms with Gasteiger partial charge in [0.25, 0.3) is 5.91 Å². The quantitative estimate of drug-likeness (QED) is 0.317. The van der Waals surface area contributed by atoms with E-state index in [1.54, 1.807) is 49.6 Å². The lowest BCUT2D eigenvalue weighted by Gasteiger charge is -2.30. The van der Waals surface area contributed by atoms with Crippen LogP contribution in [0, 0.1) is 5.92 Å². The van der Waals surface area contributed by atoms with Crippen LogP contribution in [0.5, 0.6) is 17.2 Å². The molecule has 208 valence electrons. The number of methoxy groups -OCH3 is 2. The van der Waals surface area contributed by atoms with E-state index in [9.17, 15) is 29.1 Å². The Morgan fingerprint density at radius 3 is 2.45 bits per heavy atom. The van der Waals surface area contributed by atoms with Crippen molar-refractivity contribution in [1.82, 2.24) is 9.88 Å². The fraction of sp³-hybridized carbons (Fsp3) is 0.269. The number of amides is 3. The van der Waals surface area contributed by atoms with Gasteiger partial charge < -0.3 is 29.6 Å². The maximum absolute atomic E-state index is 13.3. The summed E-state index contributed by atoms with van der Waals surface area (Å²) in [6, 6.07) is 11.7. The molecular formula is C26H23N3O9S2. The third-order valence-electron chi connectivity index (χ3n) is 6.49. The summed E-state index contributed by atoms with van der Waals surface area (Å²) in [7, 11) is 2.96. The molecule has 0 spiro atoms. The number of rotatable bonds is 9. The number of aromatic nitrogens is 1. The average Bonchev–Trinajstić information content (AvgIpc) is 3.42. The number of hydrogen-bond donors (Lipinski definition) is 3. The summed E-state index contributed by atoms with van der Waals surface area (Å²) in [5.41, 5.74) is 1.13. The van der Waals surface area contributed by atoms with E-state index in [0.717, 1.165) is 28.0 Å². The van der Waals surface area contributed by atoms with Crippen molar-refractivity contribution in [3.63, 3.8) is 0 Å². The molecular weight excluding hydrogens is 562 g/mol. The van der Waals surface area contributed by atoms with Crippen molar-refractivity contribution in [2.45, 2.75) is 16.2 Å². The van der Waals surface area contributed by atoms with Gasteiger partial charge in [0, 0.05) is 16.5 Å². The van der Waals surface area contributed by atoms with Crippen LogP contribution in [0.1, 0.15) is 16.4 Å². The number of nitrogens with zero attached hydrogens (tertiary/aromatic N) is 1. The molecule has 0 bridgehead atoms. The van der Waals surface area contributed by atoms with Crippen LogP contribution in [0.4, 0.5) is 5.69 Å². The Labute approximate surface area is 235 Å². The van der Waals surface area contributed by atoms with Gasteiger partial charge in [-0.1, -0.05) is 29.2 Å². The van der Waals surface area contributed by atoms with Crippen molar-refractivity contribution in [3.05, 3.63) is 62.6 Å². The fourth-order valence-corrected chi connectivity index (χ4v) is 7.27. The van der Waals surface area contributed by atoms with Gasteiger partial charge in [0.05, 0.1) is 25.2 Å². The highest BCUT2D eigenvalue weighted by Gasteiger charge is 2.56. The van der Waals surface area contributed by atoms with Crippen molar-refractivity contribution in [1.29, 1.82) is 0 Å². The number of hydrogen-bond acceptors (Lipinski definition) is 10. The number of anilines is 1.